The topological polar surface area (TPSA) is 21.3 Å². The molecule has 1 saturated heterocycles. The number of rotatable bonds is 3. The molecular weight excluding hydrogens is 246 g/mol. The SMILES string of the molecule is c1ccc(-c2ccc(OC3CCCCNC3)cc2)cc1. The molecule has 0 amide bonds. The van der Waals surface area contributed by atoms with E-state index in [2.05, 4.69) is 53.8 Å². The van der Waals surface area contributed by atoms with Gasteiger partial charge in [-0.15, -0.1) is 0 Å². The van der Waals surface area contributed by atoms with E-state index in [1.54, 1.807) is 0 Å². The molecule has 2 nitrogen and oxygen atoms in total. The minimum Gasteiger partial charge on any atom is -0.489 e. The van der Waals surface area contributed by atoms with Gasteiger partial charge in [-0.1, -0.05) is 42.5 Å². The highest BCUT2D eigenvalue weighted by Gasteiger charge is 2.13. The van der Waals surface area contributed by atoms with Crippen LogP contribution in [0, 0.1) is 0 Å². The molecule has 104 valence electrons. The van der Waals surface area contributed by atoms with E-state index < -0.39 is 0 Å². The smallest absolute Gasteiger partial charge is 0.119 e. The second kappa shape index (κ2) is 6.58. The summed E-state index contributed by atoms with van der Waals surface area (Å²) < 4.78 is 6.06. The van der Waals surface area contributed by atoms with Crippen LogP contribution in [0.4, 0.5) is 0 Å². The predicted molar refractivity (Wildman–Crippen MR) is 83.0 cm³/mol. The maximum Gasteiger partial charge on any atom is 0.119 e. The number of benzene rings is 2. The molecule has 0 saturated carbocycles. The molecule has 0 bridgehead atoms. The van der Waals surface area contributed by atoms with Gasteiger partial charge >= 0.3 is 0 Å². The van der Waals surface area contributed by atoms with Gasteiger partial charge in [0.1, 0.15) is 11.9 Å². The Bertz CT molecular complexity index is 513. The third-order valence-electron chi connectivity index (χ3n) is 3.77. The fourth-order valence-corrected chi connectivity index (χ4v) is 2.64. The first-order chi connectivity index (χ1) is 9.92. The van der Waals surface area contributed by atoms with E-state index in [4.69, 9.17) is 4.74 Å². The van der Waals surface area contributed by atoms with Crippen molar-refractivity contribution in [2.24, 2.45) is 0 Å². The van der Waals surface area contributed by atoms with Crippen molar-refractivity contribution in [2.75, 3.05) is 13.1 Å². The number of hydrogen-bond donors (Lipinski definition) is 1. The lowest BCUT2D eigenvalue weighted by molar-refractivity contribution is 0.194. The Morgan fingerprint density at radius 1 is 0.850 bits per heavy atom. The van der Waals surface area contributed by atoms with Gasteiger partial charge in [0.25, 0.3) is 0 Å². The van der Waals surface area contributed by atoms with Crippen LogP contribution in [0.25, 0.3) is 11.1 Å². The lowest BCUT2D eigenvalue weighted by Gasteiger charge is -2.17. The minimum absolute atomic E-state index is 0.306. The molecule has 1 atom stereocenters. The summed E-state index contributed by atoms with van der Waals surface area (Å²) in [5.41, 5.74) is 2.48. The summed E-state index contributed by atoms with van der Waals surface area (Å²) in [4.78, 5) is 0. The highest BCUT2D eigenvalue weighted by atomic mass is 16.5. The molecule has 1 unspecified atom stereocenters. The van der Waals surface area contributed by atoms with Crippen LogP contribution < -0.4 is 10.1 Å². The first-order valence-electron chi connectivity index (χ1n) is 7.45. The molecule has 0 aliphatic carbocycles. The zero-order valence-corrected chi connectivity index (χ0v) is 11.7. The zero-order valence-electron chi connectivity index (χ0n) is 11.7. The normalized spacial score (nSPS) is 19.3. The highest BCUT2D eigenvalue weighted by molar-refractivity contribution is 5.63. The summed E-state index contributed by atoms with van der Waals surface area (Å²) in [6.45, 7) is 2.08. The van der Waals surface area contributed by atoms with Crippen molar-refractivity contribution in [3.63, 3.8) is 0 Å². The molecule has 1 fully saturated rings. The Morgan fingerprint density at radius 3 is 2.40 bits per heavy atom. The van der Waals surface area contributed by atoms with Gasteiger partial charge in [-0.25, -0.2) is 0 Å². The van der Waals surface area contributed by atoms with Gasteiger partial charge in [-0.2, -0.15) is 0 Å². The first-order valence-corrected chi connectivity index (χ1v) is 7.45. The van der Waals surface area contributed by atoms with Crippen molar-refractivity contribution in [1.82, 2.24) is 5.32 Å². The van der Waals surface area contributed by atoms with E-state index in [-0.39, 0.29) is 0 Å². The Hall–Kier alpha value is -1.80. The molecule has 0 spiro atoms. The number of nitrogens with one attached hydrogen (secondary N) is 1. The molecule has 3 rings (SSSR count). The van der Waals surface area contributed by atoms with Gasteiger partial charge in [0.15, 0.2) is 0 Å². The standard InChI is InChI=1S/C18H21NO/c1-2-6-15(7-3-1)16-9-11-17(12-10-16)20-18-8-4-5-13-19-14-18/h1-3,6-7,9-12,18-19H,4-5,8,13-14H2. The lowest BCUT2D eigenvalue weighted by atomic mass is 10.1. The third-order valence-corrected chi connectivity index (χ3v) is 3.77. The quantitative estimate of drug-likeness (QED) is 0.911. The molecule has 20 heavy (non-hydrogen) atoms. The summed E-state index contributed by atoms with van der Waals surface area (Å²) in [6, 6.07) is 18.9. The Labute approximate surface area is 120 Å². The van der Waals surface area contributed by atoms with Gasteiger partial charge in [0.05, 0.1) is 0 Å². The minimum atomic E-state index is 0.306. The van der Waals surface area contributed by atoms with E-state index in [1.165, 1.54) is 24.0 Å². The van der Waals surface area contributed by atoms with Crippen LogP contribution in [0.3, 0.4) is 0 Å². The predicted octanol–water partition coefficient (Wildman–Crippen LogP) is 3.87. The second-order valence-electron chi connectivity index (χ2n) is 5.33. The van der Waals surface area contributed by atoms with E-state index in [9.17, 15) is 0 Å². The van der Waals surface area contributed by atoms with Crippen LogP contribution in [-0.4, -0.2) is 19.2 Å². The second-order valence-corrected chi connectivity index (χ2v) is 5.33. The van der Waals surface area contributed by atoms with Gasteiger partial charge in [-0.05, 0) is 49.1 Å². The monoisotopic (exact) mass is 267 g/mol. The molecule has 2 aromatic carbocycles. The highest BCUT2D eigenvalue weighted by Crippen LogP contribution is 2.23. The Balaban J connectivity index is 1.67. The Morgan fingerprint density at radius 2 is 1.60 bits per heavy atom. The first kappa shape index (κ1) is 13.2. The summed E-state index contributed by atoms with van der Waals surface area (Å²) in [7, 11) is 0. The maximum absolute atomic E-state index is 6.06. The molecule has 1 aliphatic heterocycles. The van der Waals surface area contributed by atoms with Crippen molar-refractivity contribution in [2.45, 2.75) is 25.4 Å². The van der Waals surface area contributed by atoms with E-state index in [0.29, 0.717) is 6.10 Å². The average Bonchev–Trinajstić information content (AvgIpc) is 2.78. The summed E-state index contributed by atoms with van der Waals surface area (Å²) in [6.07, 6.45) is 3.96. The maximum atomic E-state index is 6.06. The van der Waals surface area contributed by atoms with Gasteiger partial charge in [0, 0.05) is 6.54 Å². The summed E-state index contributed by atoms with van der Waals surface area (Å²) in [5, 5.41) is 3.43. The molecule has 0 aromatic heterocycles. The van der Waals surface area contributed by atoms with Crippen LogP contribution in [0.2, 0.25) is 0 Å². The number of hydrogen-bond acceptors (Lipinski definition) is 2. The zero-order chi connectivity index (χ0) is 13.6. The van der Waals surface area contributed by atoms with Crippen molar-refractivity contribution >= 4 is 0 Å². The van der Waals surface area contributed by atoms with Gasteiger partial charge < -0.3 is 10.1 Å². The van der Waals surface area contributed by atoms with Crippen LogP contribution >= 0.6 is 0 Å². The summed E-state index contributed by atoms with van der Waals surface area (Å²) >= 11 is 0. The molecular formula is C18H21NO. The van der Waals surface area contributed by atoms with Crippen molar-refractivity contribution in [1.29, 1.82) is 0 Å². The fraction of sp³-hybridized carbons (Fsp3) is 0.333. The van der Waals surface area contributed by atoms with Crippen LogP contribution in [0.1, 0.15) is 19.3 Å². The van der Waals surface area contributed by atoms with E-state index in [0.717, 1.165) is 25.3 Å². The largest absolute Gasteiger partial charge is 0.489 e. The molecule has 2 heteroatoms. The number of ether oxygens (including phenoxy) is 1. The van der Waals surface area contributed by atoms with Gasteiger partial charge in [0.2, 0.25) is 0 Å². The fourth-order valence-electron chi connectivity index (χ4n) is 2.64. The van der Waals surface area contributed by atoms with Crippen molar-refractivity contribution in [3.8, 4) is 16.9 Å². The molecule has 0 radical (unpaired) electrons. The van der Waals surface area contributed by atoms with Crippen molar-refractivity contribution in [3.05, 3.63) is 54.6 Å². The van der Waals surface area contributed by atoms with Crippen molar-refractivity contribution < 1.29 is 4.74 Å². The van der Waals surface area contributed by atoms with Crippen LogP contribution in [-0.2, 0) is 0 Å². The molecule has 1 aliphatic rings. The van der Waals surface area contributed by atoms with Crippen LogP contribution in [0.15, 0.2) is 54.6 Å². The molecule has 1 N–H and O–H groups in total. The third kappa shape index (κ3) is 3.40. The average molecular weight is 267 g/mol. The molecule has 2 aromatic rings. The Kier molecular flexibility index (Phi) is 4.34. The lowest BCUT2D eigenvalue weighted by Crippen LogP contribution is -2.29. The molecule has 1 heterocycles. The summed E-state index contributed by atoms with van der Waals surface area (Å²) in [5.74, 6) is 0.971. The van der Waals surface area contributed by atoms with Crippen LogP contribution in [0.5, 0.6) is 5.75 Å². The van der Waals surface area contributed by atoms with E-state index >= 15 is 0 Å². The van der Waals surface area contributed by atoms with Gasteiger partial charge in [-0.3, -0.25) is 0 Å². The van der Waals surface area contributed by atoms with E-state index in [1.807, 2.05) is 6.07 Å².